The van der Waals surface area contributed by atoms with E-state index in [1.54, 1.807) is 6.92 Å². The van der Waals surface area contributed by atoms with Gasteiger partial charge < -0.3 is 15.2 Å². The number of Topliss-reactive ketones (excluding diaryl/α,β-unsaturated/α-hetero) is 1. The first kappa shape index (κ1) is 20.0. The Morgan fingerprint density at radius 2 is 1.57 bits per heavy atom. The number of ketones is 1. The standard InChI is InChI=1S/C15H27NO4S/c1-10(17)6-14(2,3)9-15(4,5)7-12(18)16-11(8-21)13(19)20/h11,21H,6-9H2,1-5H3,(H,16,18)(H,19,20). The molecule has 0 radical (unpaired) electrons. The smallest absolute Gasteiger partial charge is 0.327 e. The van der Waals surface area contributed by atoms with Gasteiger partial charge in [0.1, 0.15) is 11.8 Å². The molecule has 5 nitrogen and oxygen atoms in total. The molecule has 0 heterocycles. The lowest BCUT2D eigenvalue weighted by atomic mass is 9.71. The Labute approximate surface area is 132 Å². The van der Waals surface area contributed by atoms with Crippen LogP contribution in [0.15, 0.2) is 0 Å². The van der Waals surface area contributed by atoms with Gasteiger partial charge >= 0.3 is 5.97 Å². The van der Waals surface area contributed by atoms with Crippen LogP contribution in [-0.4, -0.2) is 34.6 Å². The summed E-state index contributed by atoms with van der Waals surface area (Å²) in [6, 6.07) is -0.970. The van der Waals surface area contributed by atoms with Crippen LogP contribution in [0.5, 0.6) is 0 Å². The van der Waals surface area contributed by atoms with Crippen LogP contribution < -0.4 is 5.32 Å². The Balaban J connectivity index is 4.62. The number of carbonyl (C=O) groups is 3. The number of aliphatic carboxylic acids is 1. The molecule has 6 heteroatoms. The molecule has 0 saturated carbocycles. The fraction of sp³-hybridized carbons (Fsp3) is 0.800. The van der Waals surface area contributed by atoms with Gasteiger partial charge in [0.05, 0.1) is 0 Å². The van der Waals surface area contributed by atoms with E-state index in [0.29, 0.717) is 12.8 Å². The quantitative estimate of drug-likeness (QED) is 0.570. The summed E-state index contributed by atoms with van der Waals surface area (Å²) in [4.78, 5) is 34.1. The van der Waals surface area contributed by atoms with Gasteiger partial charge in [0.2, 0.25) is 5.91 Å². The van der Waals surface area contributed by atoms with Crippen LogP contribution in [0.25, 0.3) is 0 Å². The molecule has 0 rings (SSSR count). The highest BCUT2D eigenvalue weighted by molar-refractivity contribution is 7.80. The monoisotopic (exact) mass is 317 g/mol. The third-order valence-corrected chi connectivity index (χ3v) is 3.50. The van der Waals surface area contributed by atoms with Crippen LogP contribution in [0.4, 0.5) is 0 Å². The van der Waals surface area contributed by atoms with Crippen molar-refractivity contribution < 1.29 is 19.5 Å². The lowest BCUT2D eigenvalue weighted by Gasteiger charge is -2.34. The minimum atomic E-state index is -1.09. The molecule has 0 aromatic heterocycles. The molecule has 0 fully saturated rings. The van der Waals surface area contributed by atoms with Crippen molar-refractivity contribution in [2.75, 3.05) is 5.75 Å². The molecule has 0 bridgehead atoms. The Hall–Kier alpha value is -1.04. The van der Waals surface area contributed by atoms with Crippen molar-refractivity contribution in [3.63, 3.8) is 0 Å². The molecule has 0 aliphatic carbocycles. The van der Waals surface area contributed by atoms with E-state index < -0.39 is 12.0 Å². The zero-order valence-electron chi connectivity index (χ0n) is 13.5. The van der Waals surface area contributed by atoms with E-state index in [9.17, 15) is 14.4 Å². The lowest BCUT2D eigenvalue weighted by molar-refractivity contribution is -0.141. The fourth-order valence-electron chi connectivity index (χ4n) is 2.96. The third-order valence-electron chi connectivity index (χ3n) is 3.14. The number of hydrogen-bond donors (Lipinski definition) is 3. The van der Waals surface area contributed by atoms with E-state index in [1.807, 2.05) is 27.7 Å². The van der Waals surface area contributed by atoms with Crippen molar-refractivity contribution >= 4 is 30.3 Å². The zero-order chi connectivity index (χ0) is 16.8. The minimum absolute atomic E-state index is 0.0529. The van der Waals surface area contributed by atoms with Crippen molar-refractivity contribution in [1.82, 2.24) is 5.32 Å². The zero-order valence-corrected chi connectivity index (χ0v) is 14.4. The van der Waals surface area contributed by atoms with Crippen LogP contribution in [-0.2, 0) is 14.4 Å². The van der Waals surface area contributed by atoms with Crippen molar-refractivity contribution in [2.24, 2.45) is 10.8 Å². The average molecular weight is 317 g/mol. The van der Waals surface area contributed by atoms with E-state index >= 15 is 0 Å². The summed E-state index contributed by atoms with van der Waals surface area (Å²) in [5, 5.41) is 11.4. The molecule has 1 atom stereocenters. The summed E-state index contributed by atoms with van der Waals surface area (Å²) in [5.74, 6) is -1.22. The number of hydrogen-bond acceptors (Lipinski definition) is 4. The van der Waals surface area contributed by atoms with Gasteiger partial charge in [-0.3, -0.25) is 4.79 Å². The maximum Gasteiger partial charge on any atom is 0.327 e. The predicted molar refractivity (Wildman–Crippen MR) is 85.5 cm³/mol. The molecule has 0 aliphatic heterocycles. The van der Waals surface area contributed by atoms with Crippen LogP contribution in [0.1, 0.15) is 53.9 Å². The average Bonchev–Trinajstić information content (AvgIpc) is 2.20. The summed E-state index contributed by atoms with van der Waals surface area (Å²) in [6.45, 7) is 9.46. The Kier molecular flexibility index (Phi) is 7.44. The first-order chi connectivity index (χ1) is 9.38. The van der Waals surface area contributed by atoms with Crippen LogP contribution in [0.3, 0.4) is 0 Å². The van der Waals surface area contributed by atoms with E-state index in [1.165, 1.54) is 0 Å². The van der Waals surface area contributed by atoms with Crippen molar-refractivity contribution in [3.05, 3.63) is 0 Å². The third kappa shape index (κ3) is 8.75. The number of rotatable bonds is 9. The second-order valence-corrected chi connectivity index (χ2v) is 7.57. The second-order valence-electron chi connectivity index (χ2n) is 7.20. The Bertz CT molecular complexity index is 404. The molecule has 122 valence electrons. The van der Waals surface area contributed by atoms with E-state index in [4.69, 9.17) is 5.11 Å². The van der Waals surface area contributed by atoms with Crippen LogP contribution in [0.2, 0.25) is 0 Å². The van der Waals surface area contributed by atoms with Crippen molar-refractivity contribution in [3.8, 4) is 0 Å². The molecular formula is C15H27NO4S. The summed E-state index contributed by atoms with van der Waals surface area (Å²) >= 11 is 3.91. The molecule has 1 unspecified atom stereocenters. The molecule has 1 amide bonds. The summed E-state index contributed by atoms with van der Waals surface area (Å²) in [5.41, 5.74) is -0.506. The van der Waals surface area contributed by atoms with E-state index in [-0.39, 0.29) is 34.7 Å². The summed E-state index contributed by atoms with van der Waals surface area (Å²) < 4.78 is 0. The molecular weight excluding hydrogens is 290 g/mol. The van der Waals surface area contributed by atoms with Gasteiger partial charge in [0, 0.05) is 18.6 Å². The molecule has 0 saturated heterocycles. The fourth-order valence-corrected chi connectivity index (χ4v) is 3.21. The molecule has 0 spiro atoms. The van der Waals surface area contributed by atoms with Gasteiger partial charge in [0.15, 0.2) is 0 Å². The molecule has 0 aromatic carbocycles. The first-order valence-corrected chi connectivity index (χ1v) is 7.64. The maximum atomic E-state index is 12.0. The van der Waals surface area contributed by atoms with E-state index in [0.717, 1.165) is 0 Å². The van der Waals surface area contributed by atoms with Gasteiger partial charge in [-0.05, 0) is 24.2 Å². The highest BCUT2D eigenvalue weighted by atomic mass is 32.1. The number of amides is 1. The molecule has 2 N–H and O–H groups in total. The topological polar surface area (TPSA) is 83.5 Å². The highest BCUT2D eigenvalue weighted by Gasteiger charge is 2.32. The Morgan fingerprint density at radius 3 is 1.95 bits per heavy atom. The molecule has 0 aliphatic rings. The van der Waals surface area contributed by atoms with Crippen LogP contribution >= 0.6 is 12.6 Å². The van der Waals surface area contributed by atoms with Gasteiger partial charge in [-0.15, -0.1) is 0 Å². The molecule has 21 heavy (non-hydrogen) atoms. The van der Waals surface area contributed by atoms with Gasteiger partial charge in [0.25, 0.3) is 0 Å². The molecule has 0 aromatic rings. The number of carboxylic acids is 1. The predicted octanol–water partition coefficient (Wildman–Crippen LogP) is 2.30. The first-order valence-electron chi connectivity index (χ1n) is 7.01. The van der Waals surface area contributed by atoms with Crippen LogP contribution in [0, 0.1) is 10.8 Å². The number of nitrogens with one attached hydrogen (secondary N) is 1. The number of carboxylic acid groups (broad SMARTS) is 1. The normalized spacial score (nSPS) is 13.6. The number of carbonyl (C=O) groups excluding carboxylic acids is 2. The summed E-state index contributed by atoms with van der Waals surface area (Å²) in [7, 11) is 0. The van der Waals surface area contributed by atoms with Gasteiger partial charge in [-0.25, -0.2) is 4.79 Å². The number of thiol groups is 1. The largest absolute Gasteiger partial charge is 0.480 e. The second kappa shape index (κ2) is 7.82. The lowest BCUT2D eigenvalue weighted by Crippen LogP contribution is -2.43. The highest BCUT2D eigenvalue weighted by Crippen LogP contribution is 2.38. The van der Waals surface area contributed by atoms with Gasteiger partial charge in [-0.1, -0.05) is 27.7 Å². The Morgan fingerprint density at radius 1 is 1.10 bits per heavy atom. The van der Waals surface area contributed by atoms with E-state index in [2.05, 4.69) is 17.9 Å². The van der Waals surface area contributed by atoms with Gasteiger partial charge in [-0.2, -0.15) is 12.6 Å². The van der Waals surface area contributed by atoms with Crippen molar-refractivity contribution in [1.29, 1.82) is 0 Å². The SMILES string of the molecule is CC(=O)CC(C)(C)CC(C)(C)CC(=O)NC(CS)C(=O)O. The maximum absolute atomic E-state index is 12.0. The summed E-state index contributed by atoms with van der Waals surface area (Å²) in [6.07, 6.45) is 1.38. The minimum Gasteiger partial charge on any atom is -0.480 e. The van der Waals surface area contributed by atoms with Crippen molar-refractivity contribution in [2.45, 2.75) is 59.9 Å².